The van der Waals surface area contributed by atoms with Crippen molar-refractivity contribution < 1.29 is 17.6 Å². The van der Waals surface area contributed by atoms with Crippen LogP contribution in [0, 0.1) is 12.7 Å². The first-order valence-corrected chi connectivity index (χ1v) is 6.46. The third kappa shape index (κ3) is 4.49. The molecule has 0 radical (unpaired) electrons. The number of carbonyl (C=O) groups excluding carboxylic acids is 1. The van der Waals surface area contributed by atoms with Crippen LogP contribution in [0.25, 0.3) is 0 Å². The van der Waals surface area contributed by atoms with Gasteiger partial charge < -0.3 is 5.73 Å². The molecular formula is C10H13FN2O3S. The van der Waals surface area contributed by atoms with E-state index in [0.29, 0.717) is 11.1 Å². The number of sulfonamides is 1. The second-order valence-electron chi connectivity index (χ2n) is 3.63. The standard InChI is InChI=1S/C10H13FN2O3S/c1-7-2-3-8(4-9(7)11)6-17(15,16)13-5-10(12)14/h2-4,13H,5-6H2,1H3,(H2,12,14). The summed E-state index contributed by atoms with van der Waals surface area (Å²) in [7, 11) is -3.68. The maximum absolute atomic E-state index is 13.2. The summed E-state index contributed by atoms with van der Waals surface area (Å²) in [5.74, 6) is -1.63. The van der Waals surface area contributed by atoms with E-state index in [1.54, 1.807) is 6.92 Å². The molecule has 0 saturated carbocycles. The molecule has 0 aliphatic heterocycles. The van der Waals surface area contributed by atoms with Crippen molar-refractivity contribution in [3.8, 4) is 0 Å². The first-order valence-electron chi connectivity index (χ1n) is 4.81. The molecule has 5 nitrogen and oxygen atoms in total. The number of nitrogens with one attached hydrogen (secondary N) is 1. The second-order valence-corrected chi connectivity index (χ2v) is 5.44. The van der Waals surface area contributed by atoms with Crippen LogP contribution in [0.5, 0.6) is 0 Å². The van der Waals surface area contributed by atoms with Crippen molar-refractivity contribution in [2.75, 3.05) is 6.54 Å². The predicted octanol–water partition coefficient (Wildman–Crippen LogP) is 0.0388. The van der Waals surface area contributed by atoms with Crippen molar-refractivity contribution in [1.29, 1.82) is 0 Å². The number of hydrogen-bond acceptors (Lipinski definition) is 3. The number of nitrogens with two attached hydrogens (primary N) is 1. The highest BCUT2D eigenvalue weighted by Gasteiger charge is 2.13. The van der Waals surface area contributed by atoms with Gasteiger partial charge >= 0.3 is 0 Å². The van der Waals surface area contributed by atoms with Crippen molar-refractivity contribution in [2.24, 2.45) is 5.73 Å². The highest BCUT2D eigenvalue weighted by molar-refractivity contribution is 7.88. The fourth-order valence-electron chi connectivity index (χ4n) is 1.18. The molecule has 0 fully saturated rings. The summed E-state index contributed by atoms with van der Waals surface area (Å²) in [6.07, 6.45) is 0. The van der Waals surface area contributed by atoms with Crippen LogP contribution in [0.2, 0.25) is 0 Å². The van der Waals surface area contributed by atoms with Gasteiger partial charge in [0.25, 0.3) is 0 Å². The van der Waals surface area contributed by atoms with Gasteiger partial charge in [-0.2, -0.15) is 0 Å². The summed E-state index contributed by atoms with van der Waals surface area (Å²) in [5.41, 5.74) is 5.56. The monoisotopic (exact) mass is 260 g/mol. The van der Waals surface area contributed by atoms with Gasteiger partial charge in [0.15, 0.2) is 0 Å². The lowest BCUT2D eigenvalue weighted by atomic mass is 10.2. The number of rotatable bonds is 5. The van der Waals surface area contributed by atoms with Gasteiger partial charge in [-0.15, -0.1) is 0 Å². The third-order valence-electron chi connectivity index (χ3n) is 2.06. The fraction of sp³-hybridized carbons (Fsp3) is 0.300. The lowest BCUT2D eigenvalue weighted by molar-refractivity contribution is -0.116. The average molecular weight is 260 g/mol. The summed E-state index contributed by atoms with van der Waals surface area (Å²) in [4.78, 5) is 10.4. The van der Waals surface area contributed by atoms with Crippen molar-refractivity contribution in [3.63, 3.8) is 0 Å². The summed E-state index contributed by atoms with van der Waals surface area (Å²) < 4.78 is 38.1. The van der Waals surface area contributed by atoms with Gasteiger partial charge in [-0.3, -0.25) is 4.79 Å². The van der Waals surface area contributed by atoms with E-state index >= 15 is 0 Å². The van der Waals surface area contributed by atoms with Gasteiger partial charge in [0.2, 0.25) is 15.9 Å². The predicted molar refractivity (Wildman–Crippen MR) is 61.0 cm³/mol. The summed E-state index contributed by atoms with van der Waals surface area (Å²) in [6, 6.07) is 4.16. The molecule has 0 atom stereocenters. The van der Waals surface area contributed by atoms with Gasteiger partial charge in [0, 0.05) is 0 Å². The molecule has 1 rings (SSSR count). The minimum Gasteiger partial charge on any atom is -0.369 e. The molecule has 7 heteroatoms. The van der Waals surface area contributed by atoms with Crippen LogP contribution in [0.4, 0.5) is 4.39 Å². The van der Waals surface area contributed by atoms with Gasteiger partial charge in [-0.05, 0) is 24.1 Å². The zero-order chi connectivity index (χ0) is 13.1. The molecular weight excluding hydrogens is 247 g/mol. The number of benzene rings is 1. The molecule has 3 N–H and O–H groups in total. The Hall–Kier alpha value is -1.47. The van der Waals surface area contributed by atoms with Crippen molar-refractivity contribution in [1.82, 2.24) is 4.72 Å². The SMILES string of the molecule is Cc1ccc(CS(=O)(=O)NCC(N)=O)cc1F. The Kier molecular flexibility index (Phi) is 4.19. The number of hydrogen-bond donors (Lipinski definition) is 2. The summed E-state index contributed by atoms with van der Waals surface area (Å²) in [6.45, 7) is 1.12. The fourth-order valence-corrected chi connectivity index (χ4v) is 2.26. The molecule has 1 aromatic carbocycles. The normalized spacial score (nSPS) is 11.4. The second kappa shape index (κ2) is 5.24. The van der Waals surface area contributed by atoms with Gasteiger partial charge in [-0.1, -0.05) is 12.1 Å². The molecule has 0 spiro atoms. The van der Waals surface area contributed by atoms with Gasteiger partial charge in [0.1, 0.15) is 5.82 Å². The van der Waals surface area contributed by atoms with E-state index in [-0.39, 0.29) is 0 Å². The van der Waals surface area contributed by atoms with Crippen molar-refractivity contribution in [2.45, 2.75) is 12.7 Å². The first kappa shape index (κ1) is 13.6. The molecule has 0 unspecified atom stereocenters. The highest BCUT2D eigenvalue weighted by atomic mass is 32.2. The van der Waals surface area contributed by atoms with Crippen LogP contribution in [0.3, 0.4) is 0 Å². The topological polar surface area (TPSA) is 89.3 Å². The number of amides is 1. The van der Waals surface area contributed by atoms with E-state index in [2.05, 4.69) is 0 Å². The molecule has 0 bridgehead atoms. The Bertz CT molecular complexity index is 528. The van der Waals surface area contributed by atoms with Crippen LogP contribution >= 0.6 is 0 Å². The van der Waals surface area contributed by atoms with Crippen LogP contribution in [-0.4, -0.2) is 20.9 Å². The van der Waals surface area contributed by atoms with Crippen LogP contribution < -0.4 is 10.5 Å². The molecule has 0 saturated heterocycles. The molecule has 17 heavy (non-hydrogen) atoms. The van der Waals surface area contributed by atoms with Crippen molar-refractivity contribution in [3.05, 3.63) is 35.1 Å². The highest BCUT2D eigenvalue weighted by Crippen LogP contribution is 2.11. The molecule has 94 valence electrons. The van der Waals surface area contributed by atoms with Crippen molar-refractivity contribution >= 4 is 15.9 Å². The lowest BCUT2D eigenvalue weighted by Gasteiger charge is -2.06. The molecule has 1 aromatic rings. The Labute approximate surface area is 98.9 Å². The number of aryl methyl sites for hydroxylation is 1. The van der Waals surface area contributed by atoms with E-state index in [0.717, 1.165) is 6.07 Å². The maximum atomic E-state index is 13.2. The Morgan fingerprint density at radius 3 is 2.65 bits per heavy atom. The zero-order valence-electron chi connectivity index (χ0n) is 9.23. The Morgan fingerprint density at radius 1 is 1.47 bits per heavy atom. The molecule has 1 amide bonds. The maximum Gasteiger partial charge on any atom is 0.232 e. The minimum absolute atomic E-state index is 0.310. The molecule has 0 aromatic heterocycles. The third-order valence-corrected chi connectivity index (χ3v) is 3.36. The minimum atomic E-state index is -3.68. The summed E-state index contributed by atoms with van der Waals surface area (Å²) in [5, 5.41) is 0. The van der Waals surface area contributed by atoms with E-state index in [1.165, 1.54) is 12.1 Å². The van der Waals surface area contributed by atoms with Crippen LogP contribution in [0.1, 0.15) is 11.1 Å². The lowest BCUT2D eigenvalue weighted by Crippen LogP contribution is -2.34. The van der Waals surface area contributed by atoms with E-state index in [1.807, 2.05) is 4.72 Å². The number of carbonyl (C=O) groups is 1. The van der Waals surface area contributed by atoms with E-state index < -0.39 is 34.0 Å². The quantitative estimate of drug-likeness (QED) is 0.783. The summed E-state index contributed by atoms with van der Waals surface area (Å²) >= 11 is 0. The van der Waals surface area contributed by atoms with Crippen LogP contribution in [-0.2, 0) is 20.6 Å². The average Bonchev–Trinajstić information content (AvgIpc) is 2.21. The van der Waals surface area contributed by atoms with Crippen LogP contribution in [0.15, 0.2) is 18.2 Å². The van der Waals surface area contributed by atoms with Gasteiger partial charge in [-0.25, -0.2) is 17.5 Å². The smallest absolute Gasteiger partial charge is 0.232 e. The number of halogens is 1. The largest absolute Gasteiger partial charge is 0.369 e. The van der Waals surface area contributed by atoms with Gasteiger partial charge in [0.05, 0.1) is 12.3 Å². The van der Waals surface area contributed by atoms with E-state index in [4.69, 9.17) is 5.73 Å². The molecule has 0 aliphatic rings. The Balaban J connectivity index is 2.76. The zero-order valence-corrected chi connectivity index (χ0v) is 10.1. The first-order chi connectivity index (χ1) is 7.80. The molecule has 0 aliphatic carbocycles. The van der Waals surface area contributed by atoms with E-state index in [9.17, 15) is 17.6 Å². The molecule has 0 heterocycles. The Morgan fingerprint density at radius 2 is 2.12 bits per heavy atom. The number of primary amides is 1.